The van der Waals surface area contributed by atoms with Crippen molar-refractivity contribution in [3.05, 3.63) is 81.2 Å². The summed E-state index contributed by atoms with van der Waals surface area (Å²) in [5.41, 5.74) is 3.98. The standard InChI is InChI=1S/C26H26ClNO5/c1-4-33-26(31)22-14(2)28-19-11-16(15-8-6-5-7-9-15)12-20(29)24(19)23(22)17-10-18(27)25(30)21(13-17)32-3/h5-10,13,16,23,28,30H,4,11-12H2,1-3H3/t16-,23+/m0/s1. The fraction of sp³-hybridized carbons (Fsp3) is 0.308. The molecule has 7 heteroatoms. The van der Waals surface area contributed by atoms with Crippen LogP contribution < -0.4 is 10.1 Å². The van der Waals surface area contributed by atoms with E-state index in [1.165, 1.54) is 7.11 Å². The number of methoxy groups -OCH3 is 1. The highest BCUT2D eigenvalue weighted by molar-refractivity contribution is 6.32. The second kappa shape index (κ2) is 9.32. The van der Waals surface area contributed by atoms with E-state index in [0.29, 0.717) is 35.2 Å². The molecule has 4 rings (SSSR count). The Hall–Kier alpha value is -3.25. The molecule has 2 atom stereocenters. The highest BCUT2D eigenvalue weighted by atomic mass is 35.5. The Balaban J connectivity index is 1.86. The van der Waals surface area contributed by atoms with Crippen LogP contribution in [0.25, 0.3) is 0 Å². The first-order valence-electron chi connectivity index (χ1n) is 10.9. The van der Waals surface area contributed by atoms with E-state index in [9.17, 15) is 14.7 Å². The van der Waals surface area contributed by atoms with Gasteiger partial charge in [0.15, 0.2) is 17.3 Å². The van der Waals surface area contributed by atoms with Gasteiger partial charge in [-0.25, -0.2) is 4.79 Å². The van der Waals surface area contributed by atoms with Crippen molar-refractivity contribution in [3.8, 4) is 11.5 Å². The number of phenolic OH excluding ortho intramolecular Hbond substituents is 1. The molecule has 1 heterocycles. The van der Waals surface area contributed by atoms with Gasteiger partial charge in [0.25, 0.3) is 0 Å². The van der Waals surface area contributed by atoms with E-state index >= 15 is 0 Å². The monoisotopic (exact) mass is 467 g/mol. The zero-order valence-electron chi connectivity index (χ0n) is 18.8. The minimum atomic E-state index is -0.684. The number of ether oxygens (including phenoxy) is 2. The molecule has 0 fully saturated rings. The number of allylic oxidation sites excluding steroid dienone is 3. The predicted molar refractivity (Wildman–Crippen MR) is 125 cm³/mol. The summed E-state index contributed by atoms with van der Waals surface area (Å²) < 4.78 is 10.6. The number of rotatable bonds is 5. The Morgan fingerprint density at radius 2 is 1.91 bits per heavy atom. The first-order chi connectivity index (χ1) is 15.8. The molecule has 0 spiro atoms. The average Bonchev–Trinajstić information content (AvgIpc) is 2.80. The highest BCUT2D eigenvalue weighted by Crippen LogP contribution is 2.48. The van der Waals surface area contributed by atoms with Crippen LogP contribution in [0, 0.1) is 0 Å². The van der Waals surface area contributed by atoms with E-state index in [-0.39, 0.29) is 34.8 Å². The third-order valence-corrected chi connectivity index (χ3v) is 6.49. The van der Waals surface area contributed by atoms with Gasteiger partial charge in [0.05, 0.1) is 24.3 Å². The number of aromatic hydroxyl groups is 1. The molecule has 0 unspecified atom stereocenters. The molecule has 0 amide bonds. The van der Waals surface area contributed by atoms with Crippen LogP contribution in [-0.4, -0.2) is 30.6 Å². The number of dihydropyridines is 1. The van der Waals surface area contributed by atoms with Gasteiger partial charge in [-0.15, -0.1) is 0 Å². The fourth-order valence-electron chi connectivity index (χ4n) is 4.73. The largest absolute Gasteiger partial charge is 0.503 e. The van der Waals surface area contributed by atoms with Crippen molar-refractivity contribution in [1.82, 2.24) is 5.32 Å². The summed E-state index contributed by atoms with van der Waals surface area (Å²) >= 11 is 6.28. The van der Waals surface area contributed by atoms with Crippen molar-refractivity contribution in [2.24, 2.45) is 0 Å². The summed E-state index contributed by atoms with van der Waals surface area (Å²) in [6.07, 6.45) is 0.969. The van der Waals surface area contributed by atoms with Crippen molar-refractivity contribution in [2.45, 2.75) is 38.5 Å². The lowest BCUT2D eigenvalue weighted by molar-refractivity contribution is -0.138. The molecule has 2 N–H and O–H groups in total. The quantitative estimate of drug-likeness (QED) is 0.603. The maximum Gasteiger partial charge on any atom is 0.336 e. The van der Waals surface area contributed by atoms with E-state index in [2.05, 4.69) is 5.32 Å². The highest BCUT2D eigenvalue weighted by Gasteiger charge is 2.41. The van der Waals surface area contributed by atoms with Gasteiger partial charge in [-0.2, -0.15) is 0 Å². The van der Waals surface area contributed by atoms with Crippen molar-refractivity contribution in [2.75, 3.05) is 13.7 Å². The van der Waals surface area contributed by atoms with Gasteiger partial charge in [0.1, 0.15) is 0 Å². The minimum Gasteiger partial charge on any atom is -0.503 e. The van der Waals surface area contributed by atoms with Crippen molar-refractivity contribution >= 4 is 23.4 Å². The Labute approximate surface area is 197 Å². The Kier molecular flexibility index (Phi) is 6.47. The number of nitrogens with one attached hydrogen (secondary N) is 1. The van der Waals surface area contributed by atoms with E-state index in [4.69, 9.17) is 21.1 Å². The Morgan fingerprint density at radius 1 is 1.18 bits per heavy atom. The molecule has 0 radical (unpaired) electrons. The number of Topliss-reactive ketones (excluding diaryl/α,β-unsaturated/α-hetero) is 1. The van der Waals surface area contributed by atoms with Gasteiger partial charge in [-0.3, -0.25) is 4.79 Å². The molecule has 1 aliphatic heterocycles. The fourth-order valence-corrected chi connectivity index (χ4v) is 4.95. The average molecular weight is 468 g/mol. The van der Waals surface area contributed by atoms with Gasteiger partial charge >= 0.3 is 5.97 Å². The van der Waals surface area contributed by atoms with Crippen LogP contribution in [0.15, 0.2) is 65.0 Å². The second-order valence-corrected chi connectivity index (χ2v) is 8.61. The Bertz CT molecular complexity index is 1170. The zero-order valence-corrected chi connectivity index (χ0v) is 19.5. The molecule has 0 bridgehead atoms. The topological polar surface area (TPSA) is 84.9 Å². The third-order valence-electron chi connectivity index (χ3n) is 6.20. The second-order valence-electron chi connectivity index (χ2n) is 8.20. The molecule has 2 aliphatic rings. The van der Waals surface area contributed by atoms with E-state index in [1.807, 2.05) is 30.3 Å². The zero-order chi connectivity index (χ0) is 23.7. The first kappa shape index (κ1) is 22.9. The molecule has 172 valence electrons. The van der Waals surface area contributed by atoms with E-state index < -0.39 is 11.9 Å². The number of esters is 1. The summed E-state index contributed by atoms with van der Waals surface area (Å²) in [5.74, 6) is -1.20. The molecule has 33 heavy (non-hydrogen) atoms. The van der Waals surface area contributed by atoms with Crippen LogP contribution >= 0.6 is 11.6 Å². The van der Waals surface area contributed by atoms with Crippen LogP contribution in [0.2, 0.25) is 5.02 Å². The van der Waals surface area contributed by atoms with E-state index in [1.54, 1.807) is 26.0 Å². The van der Waals surface area contributed by atoms with Gasteiger partial charge in [0, 0.05) is 29.3 Å². The number of halogens is 1. The number of benzene rings is 2. The molecule has 2 aromatic carbocycles. The molecule has 1 aliphatic carbocycles. The predicted octanol–water partition coefficient (Wildman–Crippen LogP) is 4.98. The number of carbonyl (C=O) groups is 2. The van der Waals surface area contributed by atoms with Crippen molar-refractivity contribution in [3.63, 3.8) is 0 Å². The van der Waals surface area contributed by atoms with Crippen LogP contribution in [0.5, 0.6) is 11.5 Å². The number of hydrogen-bond acceptors (Lipinski definition) is 6. The smallest absolute Gasteiger partial charge is 0.336 e. The molecular weight excluding hydrogens is 442 g/mol. The van der Waals surface area contributed by atoms with Crippen molar-refractivity contribution < 1.29 is 24.2 Å². The minimum absolute atomic E-state index is 0.0416. The third kappa shape index (κ3) is 4.23. The van der Waals surface area contributed by atoms with Gasteiger partial charge in [0.2, 0.25) is 0 Å². The molecule has 2 aromatic rings. The molecular formula is C26H26ClNO5. The SMILES string of the molecule is CCOC(=O)C1=C(C)NC2=C(C(=O)C[C@@H](c3ccccc3)C2)[C@@H]1c1cc(Cl)c(O)c(OC)c1. The number of ketones is 1. The first-order valence-corrected chi connectivity index (χ1v) is 11.3. The number of hydrogen-bond donors (Lipinski definition) is 2. The summed E-state index contributed by atoms with van der Waals surface area (Å²) in [6.45, 7) is 3.75. The van der Waals surface area contributed by atoms with Gasteiger partial charge in [-0.05, 0) is 49.4 Å². The van der Waals surface area contributed by atoms with Crippen LogP contribution in [0.4, 0.5) is 0 Å². The Morgan fingerprint density at radius 3 is 2.58 bits per heavy atom. The normalized spacial score (nSPS) is 20.3. The lowest BCUT2D eigenvalue weighted by Gasteiger charge is -2.36. The van der Waals surface area contributed by atoms with Gasteiger partial charge < -0.3 is 19.9 Å². The molecule has 0 aromatic heterocycles. The summed E-state index contributed by atoms with van der Waals surface area (Å²) in [4.78, 5) is 26.5. The maximum absolute atomic E-state index is 13.5. The van der Waals surface area contributed by atoms with Crippen LogP contribution in [0.3, 0.4) is 0 Å². The summed E-state index contributed by atoms with van der Waals surface area (Å²) in [5, 5.41) is 13.6. The van der Waals surface area contributed by atoms with Crippen LogP contribution in [0.1, 0.15) is 49.7 Å². The summed E-state index contributed by atoms with van der Waals surface area (Å²) in [6, 6.07) is 13.1. The summed E-state index contributed by atoms with van der Waals surface area (Å²) in [7, 11) is 1.42. The molecule has 0 saturated carbocycles. The van der Waals surface area contributed by atoms with Crippen LogP contribution in [-0.2, 0) is 14.3 Å². The number of phenols is 1. The molecule has 0 saturated heterocycles. The van der Waals surface area contributed by atoms with E-state index in [0.717, 1.165) is 11.3 Å². The lowest BCUT2D eigenvalue weighted by Crippen LogP contribution is -2.36. The maximum atomic E-state index is 13.5. The number of carbonyl (C=O) groups excluding carboxylic acids is 2. The molecule has 6 nitrogen and oxygen atoms in total. The lowest BCUT2D eigenvalue weighted by atomic mass is 9.71. The van der Waals surface area contributed by atoms with Gasteiger partial charge in [-0.1, -0.05) is 41.9 Å². The van der Waals surface area contributed by atoms with Crippen molar-refractivity contribution in [1.29, 1.82) is 0 Å².